The van der Waals surface area contributed by atoms with E-state index in [1.54, 1.807) is 42.5 Å². The average Bonchev–Trinajstić information content (AvgIpc) is 2.53. The SMILES string of the molecule is O=Cc1ccc(-c2ccccc2C(F)(F)F)c2ccccc12. The van der Waals surface area contributed by atoms with Crippen molar-refractivity contribution in [3.05, 3.63) is 71.8 Å². The molecule has 0 saturated carbocycles. The number of fused-ring (bicyclic) bond motifs is 1. The normalized spacial score (nSPS) is 11.6. The number of hydrogen-bond acceptors (Lipinski definition) is 1. The van der Waals surface area contributed by atoms with Gasteiger partial charge in [-0.1, -0.05) is 54.6 Å². The molecule has 3 aromatic carbocycles. The molecule has 22 heavy (non-hydrogen) atoms. The zero-order chi connectivity index (χ0) is 15.7. The van der Waals surface area contributed by atoms with Crippen LogP contribution in [0.4, 0.5) is 13.2 Å². The van der Waals surface area contributed by atoms with Gasteiger partial charge >= 0.3 is 6.18 Å². The van der Waals surface area contributed by atoms with Crippen LogP contribution in [0.1, 0.15) is 15.9 Å². The molecular formula is C18H11F3O. The molecule has 0 bridgehead atoms. The first kappa shape index (κ1) is 14.3. The number of aldehydes is 1. The van der Waals surface area contributed by atoms with E-state index in [1.807, 2.05) is 0 Å². The first-order chi connectivity index (χ1) is 10.5. The summed E-state index contributed by atoms with van der Waals surface area (Å²) in [6.07, 6.45) is -3.72. The molecule has 0 radical (unpaired) electrons. The molecule has 4 heteroatoms. The van der Waals surface area contributed by atoms with Crippen LogP contribution in [0, 0.1) is 0 Å². The number of rotatable bonds is 2. The van der Waals surface area contributed by atoms with E-state index in [0.717, 1.165) is 6.07 Å². The predicted molar refractivity (Wildman–Crippen MR) is 79.8 cm³/mol. The zero-order valence-electron chi connectivity index (χ0n) is 11.4. The van der Waals surface area contributed by atoms with E-state index in [9.17, 15) is 18.0 Å². The van der Waals surface area contributed by atoms with Gasteiger partial charge in [-0.3, -0.25) is 4.79 Å². The van der Waals surface area contributed by atoms with E-state index in [-0.39, 0.29) is 5.56 Å². The number of benzene rings is 3. The highest BCUT2D eigenvalue weighted by molar-refractivity contribution is 6.05. The molecule has 0 heterocycles. The van der Waals surface area contributed by atoms with Crippen LogP contribution in [0.15, 0.2) is 60.7 Å². The highest BCUT2D eigenvalue weighted by Gasteiger charge is 2.33. The molecule has 0 N–H and O–H groups in total. The van der Waals surface area contributed by atoms with Crippen molar-refractivity contribution in [2.75, 3.05) is 0 Å². The van der Waals surface area contributed by atoms with Gasteiger partial charge in [-0.15, -0.1) is 0 Å². The quantitative estimate of drug-likeness (QED) is 0.584. The van der Waals surface area contributed by atoms with Crippen LogP contribution >= 0.6 is 0 Å². The summed E-state index contributed by atoms with van der Waals surface area (Å²) in [4.78, 5) is 11.1. The van der Waals surface area contributed by atoms with E-state index >= 15 is 0 Å². The molecule has 0 saturated heterocycles. The number of alkyl halides is 3. The average molecular weight is 300 g/mol. The molecule has 0 aliphatic heterocycles. The molecule has 0 unspecified atom stereocenters. The molecule has 0 aliphatic rings. The third-order valence-electron chi connectivity index (χ3n) is 3.61. The van der Waals surface area contributed by atoms with Crippen molar-refractivity contribution in [3.63, 3.8) is 0 Å². The molecule has 0 aliphatic carbocycles. The fourth-order valence-corrected chi connectivity index (χ4v) is 2.63. The first-order valence-electron chi connectivity index (χ1n) is 6.66. The van der Waals surface area contributed by atoms with Gasteiger partial charge < -0.3 is 0 Å². The Morgan fingerprint density at radius 3 is 2.05 bits per heavy atom. The molecule has 0 atom stereocenters. The lowest BCUT2D eigenvalue weighted by atomic mass is 9.92. The number of hydrogen-bond donors (Lipinski definition) is 0. The summed E-state index contributed by atoms with van der Waals surface area (Å²) in [7, 11) is 0. The Bertz CT molecular complexity index is 850. The first-order valence-corrected chi connectivity index (χ1v) is 6.66. The molecule has 110 valence electrons. The lowest BCUT2D eigenvalue weighted by Crippen LogP contribution is -2.07. The van der Waals surface area contributed by atoms with Crippen molar-refractivity contribution in [2.45, 2.75) is 6.18 Å². The van der Waals surface area contributed by atoms with Crippen molar-refractivity contribution >= 4 is 17.1 Å². The van der Waals surface area contributed by atoms with Crippen molar-refractivity contribution < 1.29 is 18.0 Å². The van der Waals surface area contributed by atoms with Gasteiger partial charge in [0.2, 0.25) is 0 Å². The molecule has 1 nitrogen and oxygen atoms in total. The maximum absolute atomic E-state index is 13.2. The maximum Gasteiger partial charge on any atom is 0.417 e. The van der Waals surface area contributed by atoms with Gasteiger partial charge in [0, 0.05) is 5.56 Å². The number of halogens is 3. The monoisotopic (exact) mass is 300 g/mol. The summed E-state index contributed by atoms with van der Waals surface area (Å²) < 4.78 is 39.7. The highest BCUT2D eigenvalue weighted by atomic mass is 19.4. The van der Waals surface area contributed by atoms with Crippen LogP contribution in [0.5, 0.6) is 0 Å². The van der Waals surface area contributed by atoms with Crippen molar-refractivity contribution in [3.8, 4) is 11.1 Å². The Kier molecular flexibility index (Phi) is 3.45. The predicted octanol–water partition coefficient (Wildman–Crippen LogP) is 5.34. The molecule has 0 amide bonds. The maximum atomic E-state index is 13.2. The Balaban J connectivity index is 2.36. The zero-order valence-corrected chi connectivity index (χ0v) is 11.4. The van der Waals surface area contributed by atoms with E-state index in [0.29, 0.717) is 28.2 Å². The Morgan fingerprint density at radius 2 is 1.36 bits per heavy atom. The largest absolute Gasteiger partial charge is 0.417 e. The highest BCUT2D eigenvalue weighted by Crippen LogP contribution is 2.39. The summed E-state index contributed by atoms with van der Waals surface area (Å²) in [6, 6.07) is 15.5. The topological polar surface area (TPSA) is 17.1 Å². The van der Waals surface area contributed by atoms with E-state index in [1.165, 1.54) is 12.1 Å². The number of carbonyl (C=O) groups excluding carboxylic acids is 1. The van der Waals surface area contributed by atoms with Gasteiger partial charge in [0.05, 0.1) is 5.56 Å². The minimum absolute atomic E-state index is 0.114. The third kappa shape index (κ3) is 2.37. The smallest absolute Gasteiger partial charge is 0.298 e. The molecule has 3 rings (SSSR count). The summed E-state index contributed by atoms with van der Waals surface area (Å²) in [5.41, 5.74) is 0.362. The second-order valence-electron chi connectivity index (χ2n) is 4.91. The summed E-state index contributed by atoms with van der Waals surface area (Å²) in [5.74, 6) is 0. The number of carbonyl (C=O) groups is 1. The van der Waals surface area contributed by atoms with Crippen LogP contribution in [-0.2, 0) is 6.18 Å². The van der Waals surface area contributed by atoms with Gasteiger partial charge in [0.1, 0.15) is 0 Å². The second kappa shape index (κ2) is 5.30. The van der Waals surface area contributed by atoms with Crippen LogP contribution in [-0.4, -0.2) is 6.29 Å². The molecule has 3 aromatic rings. The van der Waals surface area contributed by atoms with Crippen LogP contribution in [0.2, 0.25) is 0 Å². The summed E-state index contributed by atoms with van der Waals surface area (Å²) in [5, 5.41) is 1.27. The standard InChI is InChI=1S/C18H11F3O/c19-18(20,21)17-8-4-3-7-16(17)15-10-9-12(11-22)13-5-1-2-6-14(13)15/h1-11H. The second-order valence-corrected chi connectivity index (χ2v) is 4.91. The Hall–Kier alpha value is -2.62. The van der Waals surface area contributed by atoms with Gasteiger partial charge in [-0.05, 0) is 28.0 Å². The molecule has 0 aromatic heterocycles. The third-order valence-corrected chi connectivity index (χ3v) is 3.61. The fraction of sp³-hybridized carbons (Fsp3) is 0.0556. The van der Waals surface area contributed by atoms with Gasteiger partial charge in [-0.25, -0.2) is 0 Å². The lowest BCUT2D eigenvalue weighted by molar-refractivity contribution is -0.137. The summed E-state index contributed by atoms with van der Waals surface area (Å²) in [6.45, 7) is 0. The van der Waals surface area contributed by atoms with Gasteiger partial charge in [-0.2, -0.15) is 13.2 Å². The molecule has 0 spiro atoms. The van der Waals surface area contributed by atoms with E-state index in [2.05, 4.69) is 0 Å². The minimum Gasteiger partial charge on any atom is -0.298 e. The van der Waals surface area contributed by atoms with Crippen LogP contribution in [0.3, 0.4) is 0 Å². The van der Waals surface area contributed by atoms with Crippen molar-refractivity contribution in [1.82, 2.24) is 0 Å². The van der Waals surface area contributed by atoms with E-state index < -0.39 is 11.7 Å². The Morgan fingerprint density at radius 1 is 0.727 bits per heavy atom. The van der Waals surface area contributed by atoms with Crippen LogP contribution in [0.25, 0.3) is 21.9 Å². The minimum atomic E-state index is -4.43. The molecular weight excluding hydrogens is 289 g/mol. The lowest BCUT2D eigenvalue weighted by Gasteiger charge is -2.15. The van der Waals surface area contributed by atoms with Gasteiger partial charge in [0.25, 0.3) is 0 Å². The van der Waals surface area contributed by atoms with E-state index in [4.69, 9.17) is 0 Å². The van der Waals surface area contributed by atoms with Gasteiger partial charge in [0.15, 0.2) is 6.29 Å². The van der Waals surface area contributed by atoms with Crippen molar-refractivity contribution in [1.29, 1.82) is 0 Å². The molecule has 0 fully saturated rings. The van der Waals surface area contributed by atoms with Crippen molar-refractivity contribution in [2.24, 2.45) is 0 Å². The van der Waals surface area contributed by atoms with Crippen LogP contribution < -0.4 is 0 Å². The summed E-state index contributed by atoms with van der Waals surface area (Å²) >= 11 is 0. The fourth-order valence-electron chi connectivity index (χ4n) is 2.63. The Labute approximate surface area is 125 Å².